The van der Waals surface area contributed by atoms with Gasteiger partial charge in [0.1, 0.15) is 4.75 Å². The molecule has 1 rings (SSSR count). The van der Waals surface area contributed by atoms with Crippen LogP contribution in [0, 0.1) is 0 Å². The van der Waals surface area contributed by atoms with Crippen LogP contribution in [-0.4, -0.2) is 23.6 Å². The Morgan fingerprint density at radius 1 is 1.35 bits per heavy atom. The normalized spacial score (nSPS) is 13.7. The van der Waals surface area contributed by atoms with Gasteiger partial charge in [0.05, 0.1) is 6.54 Å². The Morgan fingerprint density at radius 3 is 2.35 bits per heavy atom. The highest BCUT2D eigenvalue weighted by Gasteiger charge is 2.33. The molecule has 6 heteroatoms. The van der Waals surface area contributed by atoms with E-state index in [1.165, 1.54) is 0 Å². The molecule has 0 aromatic heterocycles. The molecule has 1 aromatic carbocycles. The summed E-state index contributed by atoms with van der Waals surface area (Å²) in [6, 6.07) is 8.97. The predicted molar refractivity (Wildman–Crippen MR) is 63.2 cm³/mol. The molecule has 1 aromatic rings. The van der Waals surface area contributed by atoms with Crippen LogP contribution in [0.15, 0.2) is 35.3 Å². The van der Waals surface area contributed by atoms with E-state index in [-0.39, 0.29) is 6.54 Å². The van der Waals surface area contributed by atoms with Crippen LogP contribution in [0.1, 0.15) is 19.4 Å². The van der Waals surface area contributed by atoms with Crippen molar-refractivity contribution in [3.8, 4) is 0 Å². The van der Waals surface area contributed by atoms with Gasteiger partial charge in [-0.25, -0.2) is 0 Å². The second-order valence-electron chi connectivity index (χ2n) is 4.09. The highest BCUT2D eigenvalue weighted by atomic mass is 32.2. The topological polar surface area (TPSA) is 89.8 Å². The second-order valence-corrected chi connectivity index (χ2v) is 6.06. The Balaban J connectivity index is 2.88. The molecule has 17 heavy (non-hydrogen) atoms. The van der Waals surface area contributed by atoms with Crippen molar-refractivity contribution in [1.82, 2.24) is 0 Å². The first-order valence-corrected chi connectivity index (χ1v) is 6.42. The van der Waals surface area contributed by atoms with Gasteiger partial charge >= 0.3 is 0 Å². The SMILES string of the molecule is CC(C)(C([O-])=NCc1ccccc1)S(=O)(=O)O. The van der Waals surface area contributed by atoms with Gasteiger partial charge in [-0.1, -0.05) is 30.3 Å². The zero-order valence-corrected chi connectivity index (χ0v) is 10.4. The van der Waals surface area contributed by atoms with E-state index >= 15 is 0 Å². The van der Waals surface area contributed by atoms with Gasteiger partial charge in [0.15, 0.2) is 0 Å². The van der Waals surface area contributed by atoms with Gasteiger partial charge in [-0.3, -0.25) is 9.55 Å². The molecule has 0 atom stereocenters. The van der Waals surface area contributed by atoms with E-state index in [9.17, 15) is 13.5 Å². The van der Waals surface area contributed by atoms with Crippen LogP contribution in [0.25, 0.3) is 0 Å². The van der Waals surface area contributed by atoms with E-state index < -0.39 is 20.8 Å². The molecule has 1 N–H and O–H groups in total. The van der Waals surface area contributed by atoms with Crippen LogP contribution in [0.3, 0.4) is 0 Å². The minimum atomic E-state index is -4.45. The molecule has 0 amide bonds. The molecule has 0 fully saturated rings. The first kappa shape index (κ1) is 13.7. The lowest BCUT2D eigenvalue weighted by Crippen LogP contribution is -2.47. The first-order valence-electron chi connectivity index (χ1n) is 4.98. The van der Waals surface area contributed by atoms with E-state index in [4.69, 9.17) is 4.55 Å². The van der Waals surface area contributed by atoms with Crippen LogP contribution < -0.4 is 5.11 Å². The zero-order valence-electron chi connectivity index (χ0n) is 9.62. The number of hydrogen-bond donors (Lipinski definition) is 1. The number of aliphatic imine (C=N–C) groups is 1. The molecule has 0 aliphatic heterocycles. The molecule has 0 spiro atoms. The lowest BCUT2D eigenvalue weighted by Gasteiger charge is -2.27. The Labute approximate surface area is 101 Å². The highest BCUT2D eigenvalue weighted by Crippen LogP contribution is 2.15. The molecule has 0 bridgehead atoms. The van der Waals surface area contributed by atoms with Gasteiger partial charge in [-0.2, -0.15) is 8.42 Å². The second kappa shape index (κ2) is 4.85. The van der Waals surface area contributed by atoms with Crippen LogP contribution in [0.2, 0.25) is 0 Å². The summed E-state index contributed by atoms with van der Waals surface area (Å²) < 4.78 is 29.0. The van der Waals surface area contributed by atoms with E-state index in [0.717, 1.165) is 19.4 Å². The molecule has 94 valence electrons. The van der Waals surface area contributed by atoms with Crippen molar-refractivity contribution >= 4 is 16.0 Å². The monoisotopic (exact) mass is 256 g/mol. The van der Waals surface area contributed by atoms with Gasteiger partial charge in [0, 0.05) is 0 Å². The number of rotatable bonds is 4. The quantitative estimate of drug-likeness (QED) is 0.485. The maximum atomic E-state index is 11.6. The zero-order chi connectivity index (χ0) is 13.1. The molecule has 0 saturated carbocycles. The Hall–Kier alpha value is -1.40. The summed E-state index contributed by atoms with van der Waals surface area (Å²) in [5.41, 5.74) is 0.798. The van der Waals surface area contributed by atoms with Gasteiger partial charge in [-0.05, 0) is 25.3 Å². The van der Waals surface area contributed by atoms with E-state index in [1.54, 1.807) is 24.3 Å². The summed E-state index contributed by atoms with van der Waals surface area (Å²) in [4.78, 5) is 3.65. The average Bonchev–Trinajstić information content (AvgIpc) is 2.25. The average molecular weight is 256 g/mol. The Morgan fingerprint density at radius 2 is 1.88 bits per heavy atom. The fraction of sp³-hybridized carbons (Fsp3) is 0.364. The standard InChI is InChI=1S/C11H15NO4S/c1-11(2,17(14,15)16)10(13)12-8-9-6-4-3-5-7-9/h3-7H,8H2,1-2H3,(H,12,13)(H,14,15,16)/p-1. The third-order valence-electron chi connectivity index (χ3n) is 2.41. The summed E-state index contributed by atoms with van der Waals surface area (Å²) in [5.74, 6) is -0.858. The van der Waals surface area contributed by atoms with Crippen molar-refractivity contribution in [3.63, 3.8) is 0 Å². The van der Waals surface area contributed by atoms with Crippen molar-refractivity contribution in [2.75, 3.05) is 0 Å². The summed E-state index contributed by atoms with van der Waals surface area (Å²) >= 11 is 0. The predicted octanol–water partition coefficient (Wildman–Crippen LogP) is 0.612. The van der Waals surface area contributed by atoms with Crippen molar-refractivity contribution in [1.29, 1.82) is 0 Å². The minimum absolute atomic E-state index is 0.0959. The third-order valence-corrected chi connectivity index (χ3v) is 3.87. The van der Waals surface area contributed by atoms with Crippen molar-refractivity contribution < 1.29 is 18.1 Å². The maximum absolute atomic E-state index is 11.6. The summed E-state index contributed by atoms with van der Waals surface area (Å²) in [7, 11) is -4.45. The van der Waals surface area contributed by atoms with E-state index in [0.29, 0.717) is 0 Å². The highest BCUT2D eigenvalue weighted by molar-refractivity contribution is 7.88. The minimum Gasteiger partial charge on any atom is -0.861 e. The molecule has 0 radical (unpaired) electrons. The molecule has 0 unspecified atom stereocenters. The summed E-state index contributed by atoms with van der Waals surface area (Å²) in [6.45, 7) is 2.34. The van der Waals surface area contributed by atoms with E-state index in [1.807, 2.05) is 6.07 Å². The summed E-state index contributed by atoms with van der Waals surface area (Å²) in [5, 5.41) is 11.6. The third kappa shape index (κ3) is 3.28. The molecule has 0 saturated heterocycles. The fourth-order valence-corrected chi connectivity index (χ4v) is 1.33. The molecule has 5 nitrogen and oxygen atoms in total. The van der Waals surface area contributed by atoms with Crippen LogP contribution in [0.5, 0.6) is 0 Å². The molecular weight excluding hydrogens is 242 g/mol. The van der Waals surface area contributed by atoms with Crippen LogP contribution in [0.4, 0.5) is 0 Å². The summed E-state index contributed by atoms with van der Waals surface area (Å²) in [6.07, 6.45) is 0. The fourth-order valence-electron chi connectivity index (χ4n) is 1.05. The van der Waals surface area contributed by atoms with E-state index in [2.05, 4.69) is 4.99 Å². The lowest BCUT2D eigenvalue weighted by molar-refractivity contribution is -0.221. The molecule has 0 heterocycles. The maximum Gasteiger partial charge on any atom is 0.274 e. The molecular formula is C11H14NO4S-. The van der Waals surface area contributed by atoms with Crippen molar-refractivity contribution in [3.05, 3.63) is 35.9 Å². The lowest BCUT2D eigenvalue weighted by atomic mass is 10.2. The number of benzene rings is 1. The largest absolute Gasteiger partial charge is 0.861 e. The number of nitrogens with zero attached hydrogens (tertiary/aromatic N) is 1. The van der Waals surface area contributed by atoms with Gasteiger partial charge in [0.25, 0.3) is 10.1 Å². The Bertz CT molecular complexity index is 506. The molecule has 0 aliphatic carbocycles. The van der Waals surface area contributed by atoms with Crippen LogP contribution >= 0.6 is 0 Å². The van der Waals surface area contributed by atoms with Crippen LogP contribution in [-0.2, 0) is 16.7 Å². The van der Waals surface area contributed by atoms with Crippen molar-refractivity contribution in [2.45, 2.75) is 25.1 Å². The number of hydrogen-bond acceptors (Lipinski definition) is 4. The van der Waals surface area contributed by atoms with Gasteiger partial charge in [-0.15, -0.1) is 0 Å². The Kier molecular flexibility index (Phi) is 3.90. The van der Waals surface area contributed by atoms with Gasteiger partial charge < -0.3 is 5.11 Å². The van der Waals surface area contributed by atoms with Gasteiger partial charge in [0.2, 0.25) is 0 Å². The van der Waals surface area contributed by atoms with Crippen molar-refractivity contribution in [2.24, 2.45) is 4.99 Å². The smallest absolute Gasteiger partial charge is 0.274 e. The molecule has 0 aliphatic rings. The first-order chi connectivity index (χ1) is 7.75.